The molecule has 0 bridgehead atoms. The fraction of sp³-hybridized carbons (Fsp3) is 0.471. The van der Waals surface area contributed by atoms with Gasteiger partial charge in [0.1, 0.15) is 0 Å². The molecule has 0 N–H and O–H groups in total. The SMILES string of the molecule is Cc1cccc2c(N3CCC4(CCOC4)C3)ccnc12. The van der Waals surface area contributed by atoms with Gasteiger partial charge in [-0.25, -0.2) is 0 Å². The molecule has 1 aromatic carbocycles. The third kappa shape index (κ3) is 1.80. The van der Waals surface area contributed by atoms with Gasteiger partial charge in [-0.15, -0.1) is 0 Å². The van der Waals surface area contributed by atoms with E-state index < -0.39 is 0 Å². The van der Waals surface area contributed by atoms with E-state index in [1.54, 1.807) is 0 Å². The Morgan fingerprint density at radius 2 is 2.20 bits per heavy atom. The minimum atomic E-state index is 0.402. The van der Waals surface area contributed by atoms with E-state index >= 15 is 0 Å². The second-order valence-corrected chi connectivity index (χ2v) is 6.28. The second-order valence-electron chi connectivity index (χ2n) is 6.28. The van der Waals surface area contributed by atoms with E-state index in [-0.39, 0.29) is 0 Å². The number of ether oxygens (including phenoxy) is 1. The van der Waals surface area contributed by atoms with Crippen molar-refractivity contribution in [3.05, 3.63) is 36.0 Å². The van der Waals surface area contributed by atoms with Gasteiger partial charge in [-0.1, -0.05) is 18.2 Å². The van der Waals surface area contributed by atoms with Crippen molar-refractivity contribution in [3.8, 4) is 0 Å². The molecule has 3 heteroatoms. The molecule has 0 radical (unpaired) electrons. The molecule has 1 spiro atoms. The van der Waals surface area contributed by atoms with Crippen LogP contribution in [0.25, 0.3) is 10.9 Å². The maximum Gasteiger partial charge on any atom is 0.0751 e. The standard InChI is InChI=1S/C17H20N2O/c1-13-3-2-4-14-15(5-8-18-16(13)14)19-9-6-17(11-19)7-10-20-12-17/h2-5,8H,6-7,9-12H2,1H3. The fourth-order valence-corrected chi connectivity index (χ4v) is 3.70. The highest BCUT2D eigenvalue weighted by Crippen LogP contribution is 2.41. The van der Waals surface area contributed by atoms with Crippen molar-refractivity contribution in [2.24, 2.45) is 5.41 Å². The minimum absolute atomic E-state index is 0.402. The summed E-state index contributed by atoms with van der Waals surface area (Å²) in [4.78, 5) is 7.08. The van der Waals surface area contributed by atoms with Crippen molar-refractivity contribution in [1.29, 1.82) is 0 Å². The summed E-state index contributed by atoms with van der Waals surface area (Å²) in [5, 5.41) is 1.28. The molecule has 2 saturated heterocycles. The number of pyridine rings is 1. The topological polar surface area (TPSA) is 25.4 Å². The minimum Gasteiger partial charge on any atom is -0.381 e. The third-order valence-corrected chi connectivity index (χ3v) is 4.91. The number of benzene rings is 1. The second kappa shape index (κ2) is 4.45. The maximum absolute atomic E-state index is 5.63. The lowest BCUT2D eigenvalue weighted by Gasteiger charge is -2.24. The lowest BCUT2D eigenvalue weighted by molar-refractivity contribution is 0.160. The fourth-order valence-electron chi connectivity index (χ4n) is 3.70. The number of hydrogen-bond acceptors (Lipinski definition) is 3. The monoisotopic (exact) mass is 268 g/mol. The summed E-state index contributed by atoms with van der Waals surface area (Å²) in [7, 11) is 0. The van der Waals surface area contributed by atoms with Crippen LogP contribution in [-0.2, 0) is 4.74 Å². The Kier molecular flexibility index (Phi) is 2.71. The Morgan fingerprint density at radius 3 is 3.05 bits per heavy atom. The van der Waals surface area contributed by atoms with Gasteiger partial charge in [-0.05, 0) is 31.4 Å². The molecule has 2 aliphatic rings. The van der Waals surface area contributed by atoms with E-state index in [0.717, 1.165) is 31.8 Å². The first kappa shape index (κ1) is 12.2. The summed E-state index contributed by atoms with van der Waals surface area (Å²) in [6.07, 6.45) is 4.41. The van der Waals surface area contributed by atoms with Crippen molar-refractivity contribution >= 4 is 16.6 Å². The number of para-hydroxylation sites is 1. The number of anilines is 1. The van der Waals surface area contributed by atoms with Crippen LogP contribution in [0.3, 0.4) is 0 Å². The molecule has 2 aliphatic heterocycles. The summed E-state index contributed by atoms with van der Waals surface area (Å²) in [6, 6.07) is 8.63. The molecule has 3 nitrogen and oxygen atoms in total. The lowest BCUT2D eigenvalue weighted by atomic mass is 9.87. The van der Waals surface area contributed by atoms with E-state index in [4.69, 9.17) is 4.74 Å². The molecule has 1 aromatic heterocycles. The predicted molar refractivity (Wildman–Crippen MR) is 81.2 cm³/mol. The number of rotatable bonds is 1. The zero-order valence-corrected chi connectivity index (χ0v) is 11.9. The van der Waals surface area contributed by atoms with Gasteiger partial charge in [0.2, 0.25) is 0 Å². The Balaban J connectivity index is 1.74. The van der Waals surface area contributed by atoms with E-state index in [2.05, 4.69) is 41.1 Å². The van der Waals surface area contributed by atoms with Crippen LogP contribution in [0.5, 0.6) is 0 Å². The maximum atomic E-state index is 5.63. The highest BCUT2D eigenvalue weighted by molar-refractivity contribution is 5.93. The van der Waals surface area contributed by atoms with E-state index in [0.29, 0.717) is 5.41 Å². The van der Waals surface area contributed by atoms with Gasteiger partial charge >= 0.3 is 0 Å². The Morgan fingerprint density at radius 1 is 1.25 bits per heavy atom. The van der Waals surface area contributed by atoms with Crippen LogP contribution in [0, 0.1) is 12.3 Å². The zero-order chi connectivity index (χ0) is 13.6. The van der Waals surface area contributed by atoms with Gasteiger partial charge in [-0.2, -0.15) is 0 Å². The van der Waals surface area contributed by atoms with Crippen molar-refractivity contribution in [2.75, 3.05) is 31.2 Å². The molecular formula is C17H20N2O. The van der Waals surface area contributed by atoms with E-state index in [9.17, 15) is 0 Å². The zero-order valence-electron chi connectivity index (χ0n) is 11.9. The molecule has 3 heterocycles. The van der Waals surface area contributed by atoms with Gasteiger partial charge in [0.25, 0.3) is 0 Å². The average Bonchev–Trinajstić information content (AvgIpc) is 3.10. The Labute approximate surface area is 119 Å². The smallest absolute Gasteiger partial charge is 0.0751 e. The molecule has 4 rings (SSSR count). The van der Waals surface area contributed by atoms with E-state index in [1.807, 2.05) is 6.20 Å². The van der Waals surface area contributed by atoms with Gasteiger partial charge in [0.15, 0.2) is 0 Å². The molecule has 1 unspecified atom stereocenters. The van der Waals surface area contributed by atoms with Crippen LogP contribution < -0.4 is 4.90 Å². The van der Waals surface area contributed by atoms with Crippen LogP contribution in [0.15, 0.2) is 30.5 Å². The van der Waals surface area contributed by atoms with Crippen LogP contribution in [0.1, 0.15) is 18.4 Å². The molecule has 1 atom stereocenters. The van der Waals surface area contributed by atoms with Gasteiger partial charge < -0.3 is 9.64 Å². The van der Waals surface area contributed by atoms with Gasteiger partial charge in [0, 0.05) is 42.4 Å². The highest BCUT2D eigenvalue weighted by atomic mass is 16.5. The van der Waals surface area contributed by atoms with Crippen molar-refractivity contribution in [1.82, 2.24) is 4.98 Å². The summed E-state index contributed by atoms with van der Waals surface area (Å²) < 4.78 is 5.63. The molecular weight excluding hydrogens is 248 g/mol. The number of fused-ring (bicyclic) bond motifs is 1. The Hall–Kier alpha value is -1.61. The number of nitrogens with zero attached hydrogens (tertiary/aromatic N) is 2. The molecule has 0 aliphatic carbocycles. The molecule has 0 saturated carbocycles. The number of aromatic nitrogens is 1. The lowest BCUT2D eigenvalue weighted by Crippen LogP contribution is -2.27. The summed E-state index contributed by atoms with van der Waals surface area (Å²) >= 11 is 0. The first-order valence-electron chi connectivity index (χ1n) is 7.45. The Bertz CT molecular complexity index is 646. The summed E-state index contributed by atoms with van der Waals surface area (Å²) in [5.74, 6) is 0. The van der Waals surface area contributed by atoms with Crippen molar-refractivity contribution in [3.63, 3.8) is 0 Å². The summed E-state index contributed by atoms with van der Waals surface area (Å²) in [5.41, 5.74) is 4.12. The van der Waals surface area contributed by atoms with Crippen LogP contribution >= 0.6 is 0 Å². The van der Waals surface area contributed by atoms with Crippen LogP contribution in [0.4, 0.5) is 5.69 Å². The first-order chi connectivity index (χ1) is 9.77. The van der Waals surface area contributed by atoms with Crippen LogP contribution in [0.2, 0.25) is 0 Å². The molecule has 2 aromatic rings. The molecule has 20 heavy (non-hydrogen) atoms. The van der Waals surface area contributed by atoms with Crippen molar-refractivity contribution < 1.29 is 4.74 Å². The molecule has 2 fully saturated rings. The number of hydrogen-bond donors (Lipinski definition) is 0. The largest absolute Gasteiger partial charge is 0.381 e. The predicted octanol–water partition coefficient (Wildman–Crippen LogP) is 3.16. The first-order valence-corrected chi connectivity index (χ1v) is 7.45. The third-order valence-electron chi connectivity index (χ3n) is 4.91. The van der Waals surface area contributed by atoms with Gasteiger partial charge in [-0.3, -0.25) is 4.98 Å². The average molecular weight is 268 g/mol. The normalized spacial score (nSPS) is 25.9. The molecule has 0 amide bonds. The van der Waals surface area contributed by atoms with E-state index in [1.165, 1.54) is 29.5 Å². The van der Waals surface area contributed by atoms with Gasteiger partial charge in [0.05, 0.1) is 12.1 Å². The molecule has 104 valence electrons. The van der Waals surface area contributed by atoms with Crippen LogP contribution in [-0.4, -0.2) is 31.3 Å². The number of aryl methyl sites for hydroxylation is 1. The summed E-state index contributed by atoms with van der Waals surface area (Å²) in [6.45, 7) is 6.27. The highest BCUT2D eigenvalue weighted by Gasteiger charge is 2.41. The quantitative estimate of drug-likeness (QED) is 0.794. The van der Waals surface area contributed by atoms with Crippen molar-refractivity contribution in [2.45, 2.75) is 19.8 Å².